The maximum absolute atomic E-state index is 12.5. The van der Waals surface area contributed by atoms with Gasteiger partial charge in [0.15, 0.2) is 0 Å². The Morgan fingerprint density at radius 1 is 1.08 bits per heavy atom. The molecular weight excluding hydrogens is 354 g/mol. The van der Waals surface area contributed by atoms with Crippen LogP contribution in [0, 0.1) is 0 Å². The maximum atomic E-state index is 12.5. The van der Waals surface area contributed by atoms with E-state index >= 15 is 0 Å². The lowest BCUT2D eigenvalue weighted by molar-refractivity contribution is 0.482. The second-order valence-corrected chi connectivity index (χ2v) is 7.09. The third-order valence-electron chi connectivity index (χ3n) is 4.15. The van der Waals surface area contributed by atoms with Crippen molar-refractivity contribution in [2.24, 2.45) is 0 Å². The number of fused-ring (bicyclic) bond motifs is 1. The summed E-state index contributed by atoms with van der Waals surface area (Å²) in [6.45, 7) is 0. The van der Waals surface area contributed by atoms with Gasteiger partial charge in [-0.05, 0) is 58.1 Å². The van der Waals surface area contributed by atoms with E-state index in [-0.39, 0.29) is 16.9 Å². The molecule has 2 heterocycles. The minimum atomic E-state index is -0.333. The van der Waals surface area contributed by atoms with Gasteiger partial charge in [0.2, 0.25) is 0 Å². The average Bonchev–Trinajstić information content (AvgIpc) is 3.08. The number of hydrogen-bond acceptors (Lipinski definition) is 3. The summed E-state index contributed by atoms with van der Waals surface area (Å²) < 4.78 is 0. The lowest BCUT2D eigenvalue weighted by Gasteiger charge is -2.09. The van der Waals surface area contributed by atoms with Gasteiger partial charge in [-0.25, -0.2) is 0 Å². The van der Waals surface area contributed by atoms with Crippen molar-refractivity contribution in [1.29, 1.82) is 0 Å². The predicted molar refractivity (Wildman–Crippen MR) is 104 cm³/mol. The van der Waals surface area contributed by atoms with Crippen molar-refractivity contribution in [2.45, 2.75) is 6.42 Å². The van der Waals surface area contributed by atoms with Crippen LogP contribution in [0.4, 0.5) is 0 Å². The molecule has 4 aromatic rings. The molecule has 0 amide bonds. The van der Waals surface area contributed by atoms with Crippen LogP contribution >= 0.6 is 22.9 Å². The first-order valence-electron chi connectivity index (χ1n) is 7.77. The highest BCUT2D eigenvalue weighted by molar-refractivity contribution is 7.07. The van der Waals surface area contributed by atoms with E-state index in [9.17, 15) is 9.90 Å². The molecule has 2 N–H and O–H groups in total. The molecule has 0 aliphatic rings. The number of thiophene rings is 1. The van der Waals surface area contributed by atoms with Gasteiger partial charge in [-0.2, -0.15) is 11.3 Å². The molecule has 5 heteroatoms. The van der Waals surface area contributed by atoms with E-state index in [0.717, 1.165) is 12.0 Å². The van der Waals surface area contributed by atoms with Gasteiger partial charge in [0.25, 0.3) is 5.56 Å². The van der Waals surface area contributed by atoms with Crippen LogP contribution in [0.2, 0.25) is 5.02 Å². The second kappa shape index (κ2) is 6.39. The third kappa shape index (κ3) is 3.06. The molecule has 0 atom stereocenters. The Hall–Kier alpha value is -2.56. The molecule has 0 spiro atoms. The van der Waals surface area contributed by atoms with Crippen molar-refractivity contribution in [3.05, 3.63) is 85.8 Å². The molecule has 0 aliphatic carbocycles. The zero-order valence-corrected chi connectivity index (χ0v) is 14.7. The smallest absolute Gasteiger partial charge is 0.260 e. The van der Waals surface area contributed by atoms with E-state index in [2.05, 4.69) is 16.4 Å². The van der Waals surface area contributed by atoms with E-state index in [1.54, 1.807) is 29.5 Å². The minimum Gasteiger partial charge on any atom is -0.506 e. The Morgan fingerprint density at radius 3 is 2.76 bits per heavy atom. The molecule has 0 unspecified atom stereocenters. The molecule has 0 fully saturated rings. The summed E-state index contributed by atoms with van der Waals surface area (Å²) >= 11 is 7.63. The Labute approximate surface area is 153 Å². The first kappa shape index (κ1) is 15.9. The highest BCUT2D eigenvalue weighted by atomic mass is 35.5. The van der Waals surface area contributed by atoms with E-state index in [1.165, 1.54) is 5.56 Å². The van der Waals surface area contributed by atoms with Crippen molar-refractivity contribution in [3.8, 4) is 16.9 Å². The molecule has 0 saturated carbocycles. The quantitative estimate of drug-likeness (QED) is 0.522. The standard InChI is InChI=1S/C20H14ClNO2S/c21-15-4-5-16-17(10-15)22-20(24)18(19(16)23)14-3-1-2-12(9-14)8-13-6-7-25-11-13/h1-7,9-11H,8H2,(H2,22,23,24). The first-order chi connectivity index (χ1) is 12.1. The molecule has 0 bridgehead atoms. The predicted octanol–water partition coefficient (Wildman–Crippen LogP) is 5.21. The van der Waals surface area contributed by atoms with Crippen LogP contribution in [0.3, 0.4) is 0 Å². The molecule has 0 radical (unpaired) electrons. The van der Waals surface area contributed by atoms with Crippen molar-refractivity contribution in [1.82, 2.24) is 4.98 Å². The monoisotopic (exact) mass is 367 g/mol. The summed E-state index contributed by atoms with van der Waals surface area (Å²) in [6, 6.07) is 14.8. The number of H-pyrrole nitrogens is 1. The van der Waals surface area contributed by atoms with Crippen molar-refractivity contribution < 1.29 is 5.11 Å². The molecule has 3 nitrogen and oxygen atoms in total. The number of aromatic amines is 1. The number of pyridine rings is 1. The molecule has 2 aromatic heterocycles. The van der Waals surface area contributed by atoms with Gasteiger partial charge in [0.1, 0.15) is 5.75 Å². The topological polar surface area (TPSA) is 53.1 Å². The number of aromatic nitrogens is 1. The van der Waals surface area contributed by atoms with Crippen LogP contribution < -0.4 is 5.56 Å². The SMILES string of the molecule is O=c1[nH]c2cc(Cl)ccc2c(O)c1-c1cccc(Cc2ccsc2)c1. The highest BCUT2D eigenvalue weighted by Gasteiger charge is 2.14. The third-order valence-corrected chi connectivity index (χ3v) is 5.12. The maximum Gasteiger partial charge on any atom is 0.260 e. The Balaban J connectivity index is 1.84. The lowest BCUT2D eigenvalue weighted by Crippen LogP contribution is -2.09. The van der Waals surface area contributed by atoms with Crippen LogP contribution in [0.1, 0.15) is 11.1 Å². The van der Waals surface area contributed by atoms with Crippen molar-refractivity contribution in [2.75, 3.05) is 0 Å². The molecule has 0 aliphatic heterocycles. The Kier molecular flexibility index (Phi) is 4.07. The number of halogens is 1. The van der Waals surface area contributed by atoms with E-state index in [4.69, 9.17) is 11.6 Å². The van der Waals surface area contributed by atoms with Gasteiger partial charge in [0.05, 0.1) is 11.1 Å². The Bertz CT molecular complexity index is 1120. The normalized spacial score (nSPS) is 11.1. The van der Waals surface area contributed by atoms with E-state index < -0.39 is 0 Å². The van der Waals surface area contributed by atoms with Gasteiger partial charge in [-0.1, -0.05) is 35.9 Å². The van der Waals surface area contributed by atoms with Gasteiger partial charge >= 0.3 is 0 Å². The fourth-order valence-electron chi connectivity index (χ4n) is 2.99. The first-order valence-corrected chi connectivity index (χ1v) is 9.09. The molecule has 25 heavy (non-hydrogen) atoms. The number of benzene rings is 2. The number of nitrogens with one attached hydrogen (secondary N) is 1. The lowest BCUT2D eigenvalue weighted by atomic mass is 9.99. The second-order valence-electron chi connectivity index (χ2n) is 5.88. The number of aromatic hydroxyl groups is 1. The van der Waals surface area contributed by atoms with E-state index in [0.29, 0.717) is 21.5 Å². The van der Waals surface area contributed by atoms with Crippen LogP contribution in [0.5, 0.6) is 5.75 Å². The average molecular weight is 368 g/mol. The van der Waals surface area contributed by atoms with Crippen molar-refractivity contribution in [3.63, 3.8) is 0 Å². The molecular formula is C20H14ClNO2S. The zero-order chi connectivity index (χ0) is 17.4. The number of hydrogen-bond donors (Lipinski definition) is 2. The summed E-state index contributed by atoms with van der Waals surface area (Å²) in [4.78, 5) is 15.3. The fourth-order valence-corrected chi connectivity index (χ4v) is 3.83. The Morgan fingerprint density at radius 2 is 1.96 bits per heavy atom. The van der Waals surface area contributed by atoms with Crippen molar-refractivity contribution >= 4 is 33.8 Å². The highest BCUT2D eigenvalue weighted by Crippen LogP contribution is 2.33. The summed E-state index contributed by atoms with van der Waals surface area (Å²) in [5, 5.41) is 15.9. The minimum absolute atomic E-state index is 0.0249. The molecule has 4 rings (SSSR count). The molecule has 0 saturated heterocycles. The van der Waals surface area contributed by atoms with Crippen LogP contribution in [-0.4, -0.2) is 10.1 Å². The van der Waals surface area contributed by atoms with Gasteiger partial charge in [0, 0.05) is 10.4 Å². The van der Waals surface area contributed by atoms with Gasteiger partial charge in [-0.15, -0.1) is 0 Å². The number of rotatable bonds is 3. The van der Waals surface area contributed by atoms with Gasteiger partial charge in [-0.3, -0.25) is 4.79 Å². The summed E-state index contributed by atoms with van der Waals surface area (Å²) in [5.41, 5.74) is 3.48. The summed E-state index contributed by atoms with van der Waals surface area (Å²) in [5.74, 6) is -0.0249. The van der Waals surface area contributed by atoms with Crippen LogP contribution in [0.15, 0.2) is 64.1 Å². The van der Waals surface area contributed by atoms with Gasteiger partial charge < -0.3 is 10.1 Å². The van der Waals surface area contributed by atoms with E-state index in [1.807, 2.05) is 29.6 Å². The van der Waals surface area contributed by atoms with Crippen LogP contribution in [-0.2, 0) is 6.42 Å². The molecule has 2 aromatic carbocycles. The molecule has 124 valence electrons. The zero-order valence-electron chi connectivity index (χ0n) is 13.1. The summed E-state index contributed by atoms with van der Waals surface area (Å²) in [6.07, 6.45) is 0.791. The summed E-state index contributed by atoms with van der Waals surface area (Å²) in [7, 11) is 0. The van der Waals surface area contributed by atoms with Crippen LogP contribution in [0.25, 0.3) is 22.0 Å². The largest absolute Gasteiger partial charge is 0.506 e. The fraction of sp³-hybridized carbons (Fsp3) is 0.0500.